The summed E-state index contributed by atoms with van der Waals surface area (Å²) in [5.41, 5.74) is -0.120. The van der Waals surface area contributed by atoms with Gasteiger partial charge in [-0.15, -0.1) is 0 Å². The molecule has 0 aliphatic carbocycles. The third-order valence-corrected chi connectivity index (χ3v) is 3.26. The molecular formula is C12H17N3O3. The standard InChI is InChI=1S/C12H17N3O3/c1-12(2,3)7-6-13-10(16)9(7)11(17)14-8-4-5-18-15-8/h4-5,7,9H,6H2,1-3H3,(H,13,16)(H,14,15,17)/t7-,9+/m1/s1. The van der Waals surface area contributed by atoms with E-state index in [4.69, 9.17) is 0 Å². The molecule has 0 radical (unpaired) electrons. The van der Waals surface area contributed by atoms with E-state index >= 15 is 0 Å². The maximum atomic E-state index is 12.1. The highest BCUT2D eigenvalue weighted by atomic mass is 16.5. The third-order valence-electron chi connectivity index (χ3n) is 3.26. The van der Waals surface area contributed by atoms with E-state index in [-0.39, 0.29) is 23.1 Å². The van der Waals surface area contributed by atoms with Gasteiger partial charge in [-0.05, 0) is 5.41 Å². The zero-order chi connectivity index (χ0) is 13.3. The Morgan fingerprint density at radius 1 is 1.56 bits per heavy atom. The van der Waals surface area contributed by atoms with Crippen LogP contribution in [0.15, 0.2) is 16.9 Å². The van der Waals surface area contributed by atoms with Gasteiger partial charge in [0.25, 0.3) is 0 Å². The van der Waals surface area contributed by atoms with E-state index in [1.54, 1.807) is 0 Å². The minimum atomic E-state index is -0.679. The number of carbonyl (C=O) groups excluding carboxylic acids is 2. The van der Waals surface area contributed by atoms with Crippen molar-refractivity contribution in [2.45, 2.75) is 20.8 Å². The number of rotatable bonds is 2. The van der Waals surface area contributed by atoms with Crippen LogP contribution < -0.4 is 10.6 Å². The fourth-order valence-corrected chi connectivity index (χ4v) is 2.21. The van der Waals surface area contributed by atoms with E-state index < -0.39 is 5.92 Å². The summed E-state index contributed by atoms with van der Waals surface area (Å²) in [5.74, 6) is -0.944. The van der Waals surface area contributed by atoms with Crippen molar-refractivity contribution in [3.63, 3.8) is 0 Å². The van der Waals surface area contributed by atoms with Crippen molar-refractivity contribution in [1.82, 2.24) is 10.5 Å². The third kappa shape index (κ3) is 2.37. The van der Waals surface area contributed by atoms with Gasteiger partial charge in [-0.2, -0.15) is 0 Å². The van der Waals surface area contributed by atoms with Gasteiger partial charge in [0.15, 0.2) is 5.82 Å². The number of carbonyl (C=O) groups is 2. The van der Waals surface area contributed by atoms with Crippen molar-refractivity contribution in [3.05, 3.63) is 12.3 Å². The van der Waals surface area contributed by atoms with Crippen LogP contribution in [0, 0.1) is 17.3 Å². The second-order valence-electron chi connectivity index (χ2n) is 5.57. The highest BCUT2D eigenvalue weighted by Gasteiger charge is 2.45. The first-order valence-electron chi connectivity index (χ1n) is 5.88. The summed E-state index contributed by atoms with van der Waals surface area (Å²) in [6, 6.07) is 1.54. The number of nitrogens with one attached hydrogen (secondary N) is 2. The largest absolute Gasteiger partial charge is 0.363 e. The van der Waals surface area contributed by atoms with Crippen LogP contribution in [-0.2, 0) is 9.59 Å². The topological polar surface area (TPSA) is 84.2 Å². The summed E-state index contributed by atoms with van der Waals surface area (Å²) in [5, 5.41) is 8.94. The average molecular weight is 251 g/mol. The molecule has 1 aliphatic heterocycles. The van der Waals surface area contributed by atoms with E-state index in [9.17, 15) is 9.59 Å². The van der Waals surface area contributed by atoms with Crippen LogP contribution >= 0.6 is 0 Å². The molecule has 2 atom stereocenters. The van der Waals surface area contributed by atoms with Gasteiger partial charge in [-0.25, -0.2) is 0 Å². The Morgan fingerprint density at radius 3 is 2.83 bits per heavy atom. The van der Waals surface area contributed by atoms with Gasteiger partial charge in [0.05, 0.1) is 0 Å². The molecule has 1 saturated heterocycles. The molecule has 0 aromatic carbocycles. The lowest BCUT2D eigenvalue weighted by Gasteiger charge is -2.29. The Balaban J connectivity index is 2.14. The summed E-state index contributed by atoms with van der Waals surface area (Å²) in [6.07, 6.45) is 1.37. The van der Waals surface area contributed by atoms with Gasteiger partial charge in [-0.1, -0.05) is 25.9 Å². The highest BCUT2D eigenvalue weighted by molar-refractivity contribution is 6.07. The van der Waals surface area contributed by atoms with Crippen molar-refractivity contribution < 1.29 is 14.1 Å². The lowest BCUT2D eigenvalue weighted by Crippen LogP contribution is -2.37. The molecule has 1 aliphatic rings. The monoisotopic (exact) mass is 251 g/mol. The first kappa shape index (κ1) is 12.6. The predicted octanol–water partition coefficient (Wildman–Crippen LogP) is 1.02. The number of nitrogens with zero attached hydrogens (tertiary/aromatic N) is 1. The fourth-order valence-electron chi connectivity index (χ4n) is 2.21. The minimum absolute atomic E-state index is 0.0306. The zero-order valence-corrected chi connectivity index (χ0v) is 10.7. The molecular weight excluding hydrogens is 234 g/mol. The first-order chi connectivity index (χ1) is 8.39. The van der Waals surface area contributed by atoms with Gasteiger partial charge in [0, 0.05) is 18.5 Å². The minimum Gasteiger partial charge on any atom is -0.363 e. The van der Waals surface area contributed by atoms with Crippen molar-refractivity contribution >= 4 is 17.6 Å². The molecule has 1 aromatic rings. The maximum absolute atomic E-state index is 12.1. The molecule has 18 heavy (non-hydrogen) atoms. The lowest BCUT2D eigenvalue weighted by molar-refractivity contribution is -0.132. The predicted molar refractivity (Wildman–Crippen MR) is 64.6 cm³/mol. The van der Waals surface area contributed by atoms with Crippen LogP contribution in [0.3, 0.4) is 0 Å². The number of amides is 2. The number of hydrogen-bond acceptors (Lipinski definition) is 4. The molecule has 2 N–H and O–H groups in total. The molecule has 0 spiro atoms. The summed E-state index contributed by atoms with van der Waals surface area (Å²) < 4.78 is 4.63. The Bertz CT molecular complexity index is 448. The molecule has 2 rings (SSSR count). The van der Waals surface area contributed by atoms with E-state index in [1.165, 1.54) is 12.3 Å². The van der Waals surface area contributed by atoms with Crippen LogP contribution in [0.1, 0.15) is 20.8 Å². The zero-order valence-electron chi connectivity index (χ0n) is 10.7. The Hall–Kier alpha value is -1.85. The summed E-state index contributed by atoms with van der Waals surface area (Å²) >= 11 is 0. The molecule has 2 amide bonds. The normalized spacial score (nSPS) is 23.8. The van der Waals surface area contributed by atoms with Gasteiger partial charge in [-0.3, -0.25) is 9.59 Å². The van der Waals surface area contributed by atoms with Gasteiger partial charge >= 0.3 is 0 Å². The molecule has 6 heteroatoms. The van der Waals surface area contributed by atoms with Crippen molar-refractivity contribution in [2.24, 2.45) is 17.3 Å². The molecule has 98 valence electrons. The van der Waals surface area contributed by atoms with E-state index in [0.29, 0.717) is 12.4 Å². The Labute approximate surface area is 105 Å². The smallest absolute Gasteiger partial charge is 0.238 e. The number of hydrogen-bond donors (Lipinski definition) is 2. The molecule has 0 unspecified atom stereocenters. The lowest BCUT2D eigenvalue weighted by atomic mass is 9.74. The fraction of sp³-hybridized carbons (Fsp3) is 0.583. The van der Waals surface area contributed by atoms with Crippen LogP contribution in [0.2, 0.25) is 0 Å². The Morgan fingerprint density at radius 2 is 2.28 bits per heavy atom. The van der Waals surface area contributed by atoms with E-state index in [1.807, 2.05) is 20.8 Å². The number of anilines is 1. The van der Waals surface area contributed by atoms with E-state index in [2.05, 4.69) is 20.3 Å². The Kier molecular flexibility index (Phi) is 3.11. The van der Waals surface area contributed by atoms with Crippen LogP contribution in [0.4, 0.5) is 5.82 Å². The van der Waals surface area contributed by atoms with Gasteiger partial charge in [0.2, 0.25) is 11.8 Å². The summed E-state index contributed by atoms with van der Waals surface area (Å²) in [4.78, 5) is 23.9. The quantitative estimate of drug-likeness (QED) is 0.769. The molecule has 2 heterocycles. The van der Waals surface area contributed by atoms with Crippen molar-refractivity contribution in [2.75, 3.05) is 11.9 Å². The van der Waals surface area contributed by atoms with Gasteiger partial charge < -0.3 is 15.2 Å². The van der Waals surface area contributed by atoms with Crippen LogP contribution in [-0.4, -0.2) is 23.5 Å². The van der Waals surface area contributed by atoms with E-state index in [0.717, 1.165) is 0 Å². The average Bonchev–Trinajstić information content (AvgIpc) is 2.85. The first-order valence-corrected chi connectivity index (χ1v) is 5.88. The molecule has 1 fully saturated rings. The molecule has 0 saturated carbocycles. The molecule has 6 nitrogen and oxygen atoms in total. The van der Waals surface area contributed by atoms with Crippen LogP contribution in [0.25, 0.3) is 0 Å². The summed E-state index contributed by atoms with van der Waals surface area (Å²) in [6.45, 7) is 6.59. The summed E-state index contributed by atoms with van der Waals surface area (Å²) in [7, 11) is 0. The maximum Gasteiger partial charge on any atom is 0.238 e. The molecule has 0 bridgehead atoms. The highest BCUT2D eigenvalue weighted by Crippen LogP contribution is 2.35. The number of aromatic nitrogens is 1. The van der Waals surface area contributed by atoms with Crippen molar-refractivity contribution in [3.8, 4) is 0 Å². The van der Waals surface area contributed by atoms with Gasteiger partial charge in [0.1, 0.15) is 12.2 Å². The second kappa shape index (κ2) is 4.44. The van der Waals surface area contributed by atoms with Crippen molar-refractivity contribution in [1.29, 1.82) is 0 Å². The molecule has 1 aromatic heterocycles. The van der Waals surface area contributed by atoms with Crippen LogP contribution in [0.5, 0.6) is 0 Å². The second-order valence-corrected chi connectivity index (χ2v) is 5.57. The SMILES string of the molecule is CC(C)(C)[C@@H]1CNC(=O)[C@H]1C(=O)Nc1ccon1.